The van der Waals surface area contributed by atoms with E-state index in [1.54, 1.807) is 26.1 Å². The van der Waals surface area contributed by atoms with E-state index in [4.69, 9.17) is 9.84 Å². The molecule has 0 aliphatic rings. The number of ether oxygens (including phenoxy) is 1. The van der Waals surface area contributed by atoms with Crippen LogP contribution in [-0.2, 0) is 9.53 Å². The predicted molar refractivity (Wildman–Crippen MR) is 58.0 cm³/mol. The summed E-state index contributed by atoms with van der Waals surface area (Å²) >= 11 is 0. The first-order chi connectivity index (χ1) is 7.06. The zero-order chi connectivity index (χ0) is 11.4. The van der Waals surface area contributed by atoms with Gasteiger partial charge in [-0.2, -0.15) is 0 Å². The number of hydrogen-bond donors (Lipinski definition) is 1. The molecule has 4 heteroatoms. The Kier molecular flexibility index (Phi) is 3.68. The maximum atomic E-state index is 11.7. The number of benzene rings is 1. The van der Waals surface area contributed by atoms with Crippen LogP contribution in [0.25, 0.3) is 0 Å². The molecule has 1 rings (SSSR count). The maximum absolute atomic E-state index is 11.7. The molecular formula is C11H15NO3. The van der Waals surface area contributed by atoms with Crippen molar-refractivity contribution in [1.82, 2.24) is 0 Å². The smallest absolute Gasteiger partial charge is 0.255 e. The van der Waals surface area contributed by atoms with Gasteiger partial charge in [0.1, 0.15) is 11.9 Å². The molecule has 0 radical (unpaired) electrons. The molecule has 1 amide bonds. The molecule has 4 nitrogen and oxygen atoms in total. The summed E-state index contributed by atoms with van der Waals surface area (Å²) < 4.78 is 4.94. The van der Waals surface area contributed by atoms with E-state index >= 15 is 0 Å². The van der Waals surface area contributed by atoms with E-state index in [0.29, 0.717) is 0 Å². The van der Waals surface area contributed by atoms with Crippen molar-refractivity contribution in [3.05, 3.63) is 24.3 Å². The van der Waals surface area contributed by atoms with Gasteiger partial charge in [-0.25, -0.2) is 0 Å². The van der Waals surface area contributed by atoms with Crippen LogP contribution in [-0.4, -0.2) is 31.3 Å². The van der Waals surface area contributed by atoms with Gasteiger partial charge in [0.2, 0.25) is 0 Å². The van der Waals surface area contributed by atoms with Crippen molar-refractivity contribution in [3.8, 4) is 5.75 Å². The first-order valence-electron chi connectivity index (χ1n) is 4.65. The number of phenolic OH excluding ortho intramolecular Hbond substituents is 1. The fourth-order valence-electron chi connectivity index (χ4n) is 1.18. The zero-order valence-electron chi connectivity index (χ0n) is 9.10. The minimum Gasteiger partial charge on any atom is -0.508 e. The molecule has 1 aromatic rings. The average Bonchev–Trinajstić information content (AvgIpc) is 2.27. The summed E-state index contributed by atoms with van der Waals surface area (Å²) in [5.74, 6) is 0.0579. The van der Waals surface area contributed by atoms with Crippen molar-refractivity contribution in [1.29, 1.82) is 0 Å². The van der Waals surface area contributed by atoms with E-state index < -0.39 is 6.10 Å². The highest BCUT2D eigenvalue weighted by molar-refractivity contribution is 5.95. The summed E-state index contributed by atoms with van der Waals surface area (Å²) in [7, 11) is 3.16. The molecule has 0 heterocycles. The third-order valence-electron chi connectivity index (χ3n) is 2.27. The molecule has 0 aromatic heterocycles. The highest BCUT2D eigenvalue weighted by Gasteiger charge is 2.17. The number of nitrogens with zero attached hydrogens (tertiary/aromatic N) is 1. The average molecular weight is 209 g/mol. The van der Waals surface area contributed by atoms with E-state index in [2.05, 4.69) is 0 Å². The van der Waals surface area contributed by atoms with Crippen molar-refractivity contribution < 1.29 is 14.6 Å². The largest absolute Gasteiger partial charge is 0.508 e. The molecule has 0 saturated carbocycles. The normalized spacial score (nSPS) is 12.2. The molecule has 0 aliphatic heterocycles. The SMILES string of the molecule is COC(C)C(=O)N(C)c1ccc(O)cc1. The van der Waals surface area contributed by atoms with Crippen LogP contribution in [0.1, 0.15) is 6.92 Å². The number of carbonyl (C=O) groups excluding carboxylic acids is 1. The van der Waals surface area contributed by atoms with Crippen LogP contribution in [0.5, 0.6) is 5.75 Å². The third kappa shape index (κ3) is 2.70. The molecule has 1 aromatic carbocycles. The second-order valence-electron chi connectivity index (χ2n) is 3.29. The van der Waals surface area contributed by atoms with Crippen LogP contribution in [0.15, 0.2) is 24.3 Å². The molecule has 15 heavy (non-hydrogen) atoms. The minimum absolute atomic E-state index is 0.122. The molecule has 0 bridgehead atoms. The Balaban J connectivity index is 2.80. The quantitative estimate of drug-likeness (QED) is 0.818. The summed E-state index contributed by atoms with van der Waals surface area (Å²) in [5.41, 5.74) is 0.724. The van der Waals surface area contributed by atoms with E-state index in [9.17, 15) is 4.79 Å². The number of phenols is 1. The van der Waals surface area contributed by atoms with Gasteiger partial charge in [0.05, 0.1) is 0 Å². The number of anilines is 1. The van der Waals surface area contributed by atoms with Gasteiger partial charge in [-0.05, 0) is 31.2 Å². The van der Waals surface area contributed by atoms with Gasteiger partial charge in [0, 0.05) is 19.8 Å². The topological polar surface area (TPSA) is 49.8 Å². The Labute approximate surface area is 89.1 Å². The van der Waals surface area contributed by atoms with Gasteiger partial charge >= 0.3 is 0 Å². The van der Waals surface area contributed by atoms with Crippen molar-refractivity contribution in [3.63, 3.8) is 0 Å². The molecular weight excluding hydrogens is 194 g/mol. The Hall–Kier alpha value is -1.55. The highest BCUT2D eigenvalue weighted by Crippen LogP contribution is 2.17. The molecule has 1 unspecified atom stereocenters. The standard InChI is InChI=1S/C11H15NO3/c1-8(15-3)11(14)12(2)9-4-6-10(13)7-5-9/h4-8,13H,1-3H3. The van der Waals surface area contributed by atoms with Gasteiger partial charge in [-0.15, -0.1) is 0 Å². The lowest BCUT2D eigenvalue weighted by atomic mass is 10.2. The summed E-state index contributed by atoms with van der Waals surface area (Å²) in [4.78, 5) is 13.2. The molecule has 82 valence electrons. The van der Waals surface area contributed by atoms with Crippen molar-refractivity contribution in [2.24, 2.45) is 0 Å². The Morgan fingerprint density at radius 1 is 1.40 bits per heavy atom. The van der Waals surface area contributed by atoms with Crippen LogP contribution in [0.4, 0.5) is 5.69 Å². The second-order valence-corrected chi connectivity index (χ2v) is 3.29. The minimum atomic E-state index is -0.469. The Morgan fingerprint density at radius 2 is 1.93 bits per heavy atom. The Bertz CT molecular complexity index is 334. The maximum Gasteiger partial charge on any atom is 0.255 e. The number of hydrogen-bond acceptors (Lipinski definition) is 3. The lowest BCUT2D eigenvalue weighted by Crippen LogP contribution is -2.35. The first kappa shape index (κ1) is 11.5. The van der Waals surface area contributed by atoms with E-state index in [1.165, 1.54) is 24.1 Å². The monoisotopic (exact) mass is 209 g/mol. The predicted octanol–water partition coefficient (Wildman–Crippen LogP) is 1.39. The number of carbonyl (C=O) groups is 1. The molecule has 1 atom stereocenters. The van der Waals surface area contributed by atoms with Gasteiger partial charge < -0.3 is 14.7 Å². The van der Waals surface area contributed by atoms with Crippen molar-refractivity contribution in [2.75, 3.05) is 19.1 Å². The third-order valence-corrected chi connectivity index (χ3v) is 2.27. The fourth-order valence-corrected chi connectivity index (χ4v) is 1.18. The van der Waals surface area contributed by atoms with Crippen molar-refractivity contribution in [2.45, 2.75) is 13.0 Å². The fraction of sp³-hybridized carbons (Fsp3) is 0.364. The van der Waals surface area contributed by atoms with Gasteiger partial charge in [0.25, 0.3) is 5.91 Å². The number of amides is 1. The van der Waals surface area contributed by atoms with Crippen molar-refractivity contribution >= 4 is 11.6 Å². The molecule has 0 saturated heterocycles. The van der Waals surface area contributed by atoms with Crippen LogP contribution in [0.3, 0.4) is 0 Å². The lowest BCUT2D eigenvalue weighted by molar-refractivity contribution is -0.127. The number of likely N-dealkylation sites (N-methyl/N-ethyl adjacent to an activating group) is 1. The molecule has 0 fully saturated rings. The van der Waals surface area contributed by atoms with Gasteiger partial charge in [0.15, 0.2) is 0 Å². The zero-order valence-corrected chi connectivity index (χ0v) is 9.10. The van der Waals surface area contributed by atoms with E-state index in [1.807, 2.05) is 0 Å². The number of rotatable bonds is 3. The van der Waals surface area contributed by atoms with Gasteiger partial charge in [-0.1, -0.05) is 0 Å². The molecule has 0 spiro atoms. The Morgan fingerprint density at radius 3 is 2.40 bits per heavy atom. The lowest BCUT2D eigenvalue weighted by Gasteiger charge is -2.20. The van der Waals surface area contributed by atoms with E-state index in [0.717, 1.165) is 5.69 Å². The summed E-state index contributed by atoms with van der Waals surface area (Å²) in [5, 5.41) is 9.10. The van der Waals surface area contributed by atoms with Gasteiger partial charge in [-0.3, -0.25) is 4.79 Å². The summed E-state index contributed by atoms with van der Waals surface area (Å²) in [6.45, 7) is 1.69. The second kappa shape index (κ2) is 4.79. The van der Waals surface area contributed by atoms with Crippen LogP contribution < -0.4 is 4.90 Å². The number of methoxy groups -OCH3 is 1. The number of aromatic hydroxyl groups is 1. The molecule has 0 aliphatic carbocycles. The summed E-state index contributed by atoms with van der Waals surface area (Å²) in [6, 6.07) is 6.43. The summed E-state index contributed by atoms with van der Waals surface area (Å²) in [6.07, 6.45) is -0.469. The van der Waals surface area contributed by atoms with Crippen LogP contribution in [0, 0.1) is 0 Å². The van der Waals surface area contributed by atoms with E-state index in [-0.39, 0.29) is 11.7 Å². The first-order valence-corrected chi connectivity index (χ1v) is 4.65. The highest BCUT2D eigenvalue weighted by atomic mass is 16.5. The molecule has 1 N–H and O–H groups in total. The van der Waals surface area contributed by atoms with Crippen LogP contribution in [0.2, 0.25) is 0 Å². The van der Waals surface area contributed by atoms with Crippen LogP contribution >= 0.6 is 0 Å².